The third-order valence-corrected chi connectivity index (χ3v) is 5.41. The summed E-state index contributed by atoms with van der Waals surface area (Å²) >= 11 is 2.25. The zero-order chi connectivity index (χ0) is 20.5. The van der Waals surface area contributed by atoms with Crippen molar-refractivity contribution in [2.45, 2.75) is 6.92 Å². The number of aromatic carboxylic acids is 1. The number of rotatable bonds is 4. The average Bonchev–Trinajstić information content (AvgIpc) is 3.28. The Balaban J connectivity index is 1.61. The Morgan fingerprint density at radius 3 is 2.52 bits per heavy atom. The van der Waals surface area contributed by atoms with E-state index in [1.807, 2.05) is 36.4 Å². The van der Waals surface area contributed by atoms with Crippen molar-refractivity contribution in [3.8, 4) is 11.3 Å². The molecular weight excluding hydrogens is 483 g/mol. The number of carboxylic acids is 1. The summed E-state index contributed by atoms with van der Waals surface area (Å²) in [4.78, 5) is 23.9. The number of benzene rings is 2. The molecule has 7 heteroatoms. The number of hydrogen-bond donors (Lipinski definition) is 1. The molecule has 1 aliphatic rings. The summed E-state index contributed by atoms with van der Waals surface area (Å²) in [6.45, 7) is 1.75. The molecule has 1 N–H and O–H groups in total. The maximum atomic E-state index is 12.9. The molecule has 2 heterocycles. The fourth-order valence-electron chi connectivity index (χ4n) is 2.98. The number of carbonyl (C=O) groups is 2. The van der Waals surface area contributed by atoms with Gasteiger partial charge in [-0.1, -0.05) is 18.2 Å². The molecule has 6 nitrogen and oxygen atoms in total. The van der Waals surface area contributed by atoms with Gasteiger partial charge in [0.05, 0.1) is 22.5 Å². The standard InChI is InChI=1S/C22H15IN2O4/c1-13-18(12-16-10-11-20(29-16)17-4-2-3-5-19(17)23)21(26)25(24-13)15-8-6-14(7-9-15)22(27)28/h2-12H,1H3,(H,27,28)/b18-12-. The van der Waals surface area contributed by atoms with Crippen LogP contribution in [0.3, 0.4) is 0 Å². The van der Waals surface area contributed by atoms with Crippen molar-refractivity contribution in [2.75, 3.05) is 5.01 Å². The van der Waals surface area contributed by atoms with Gasteiger partial charge in [0.2, 0.25) is 0 Å². The Labute approximate surface area is 180 Å². The third kappa shape index (κ3) is 3.73. The van der Waals surface area contributed by atoms with Crippen LogP contribution in [0.25, 0.3) is 17.4 Å². The Kier molecular flexibility index (Phi) is 5.06. The van der Waals surface area contributed by atoms with Gasteiger partial charge in [-0.05, 0) is 78.1 Å². The fourth-order valence-corrected chi connectivity index (χ4v) is 3.64. The van der Waals surface area contributed by atoms with Gasteiger partial charge in [0.1, 0.15) is 11.5 Å². The zero-order valence-corrected chi connectivity index (χ0v) is 17.5. The number of hydrazone groups is 1. The highest BCUT2D eigenvalue weighted by Gasteiger charge is 2.29. The van der Waals surface area contributed by atoms with Crippen LogP contribution in [-0.2, 0) is 4.79 Å². The SMILES string of the molecule is CC1=NN(c2ccc(C(=O)O)cc2)C(=O)/C1=C\c1ccc(-c2ccccc2I)o1. The molecule has 0 unspecified atom stereocenters. The van der Waals surface area contributed by atoms with Crippen molar-refractivity contribution >= 4 is 51.9 Å². The van der Waals surface area contributed by atoms with Crippen molar-refractivity contribution in [2.24, 2.45) is 5.10 Å². The van der Waals surface area contributed by atoms with Gasteiger partial charge < -0.3 is 9.52 Å². The molecule has 29 heavy (non-hydrogen) atoms. The monoisotopic (exact) mass is 498 g/mol. The van der Waals surface area contributed by atoms with Gasteiger partial charge in [0.15, 0.2) is 0 Å². The van der Waals surface area contributed by atoms with E-state index < -0.39 is 5.97 Å². The lowest BCUT2D eigenvalue weighted by Crippen LogP contribution is -2.21. The van der Waals surface area contributed by atoms with Gasteiger partial charge in [-0.2, -0.15) is 10.1 Å². The van der Waals surface area contributed by atoms with E-state index >= 15 is 0 Å². The molecule has 144 valence electrons. The van der Waals surface area contributed by atoms with Crippen molar-refractivity contribution in [1.29, 1.82) is 0 Å². The topological polar surface area (TPSA) is 83.1 Å². The maximum absolute atomic E-state index is 12.9. The van der Waals surface area contributed by atoms with E-state index in [4.69, 9.17) is 9.52 Å². The van der Waals surface area contributed by atoms with E-state index in [2.05, 4.69) is 27.7 Å². The number of anilines is 1. The Hall–Kier alpha value is -3.20. The fraction of sp³-hybridized carbons (Fsp3) is 0.0455. The van der Waals surface area contributed by atoms with Gasteiger partial charge in [-0.25, -0.2) is 4.79 Å². The summed E-state index contributed by atoms with van der Waals surface area (Å²) in [5, 5.41) is 14.6. The first-order chi connectivity index (χ1) is 13.9. The molecular formula is C22H15IN2O4. The summed E-state index contributed by atoms with van der Waals surface area (Å²) in [5.74, 6) is -0.0345. The predicted octanol–water partition coefficient (Wildman–Crippen LogP) is 5.06. The molecule has 0 saturated heterocycles. The molecule has 4 rings (SSSR count). The number of hydrogen-bond acceptors (Lipinski definition) is 4. The van der Waals surface area contributed by atoms with Crippen LogP contribution in [0.5, 0.6) is 0 Å². The van der Waals surface area contributed by atoms with Gasteiger partial charge in [0, 0.05) is 9.13 Å². The third-order valence-electron chi connectivity index (χ3n) is 4.47. The normalized spacial score (nSPS) is 15.1. The first kappa shape index (κ1) is 19.1. The molecule has 1 aromatic heterocycles. The van der Waals surface area contributed by atoms with Gasteiger partial charge in [-0.15, -0.1) is 0 Å². The summed E-state index contributed by atoms with van der Waals surface area (Å²) in [6, 6.07) is 17.6. The number of carbonyl (C=O) groups excluding carboxylic acids is 1. The number of furan rings is 1. The average molecular weight is 498 g/mol. The number of amides is 1. The molecule has 0 bridgehead atoms. The highest BCUT2D eigenvalue weighted by Crippen LogP contribution is 2.29. The molecule has 0 fully saturated rings. The van der Waals surface area contributed by atoms with Crippen LogP contribution >= 0.6 is 22.6 Å². The Morgan fingerprint density at radius 2 is 1.83 bits per heavy atom. The highest BCUT2D eigenvalue weighted by molar-refractivity contribution is 14.1. The minimum absolute atomic E-state index is 0.149. The first-order valence-electron chi connectivity index (χ1n) is 8.74. The summed E-state index contributed by atoms with van der Waals surface area (Å²) in [7, 11) is 0. The lowest BCUT2D eigenvalue weighted by molar-refractivity contribution is -0.114. The molecule has 3 aromatic rings. The number of halogens is 1. The van der Waals surface area contributed by atoms with Gasteiger partial charge in [0.25, 0.3) is 5.91 Å². The van der Waals surface area contributed by atoms with E-state index in [-0.39, 0.29) is 11.5 Å². The van der Waals surface area contributed by atoms with E-state index in [0.717, 1.165) is 14.9 Å². The van der Waals surface area contributed by atoms with Crippen LogP contribution in [0, 0.1) is 3.57 Å². The lowest BCUT2D eigenvalue weighted by atomic mass is 10.1. The molecule has 0 atom stereocenters. The van der Waals surface area contributed by atoms with Crippen LogP contribution in [0.2, 0.25) is 0 Å². The minimum Gasteiger partial charge on any atom is -0.478 e. The van der Waals surface area contributed by atoms with E-state index in [0.29, 0.717) is 22.7 Å². The van der Waals surface area contributed by atoms with Crippen molar-refractivity contribution in [3.05, 3.63) is 81.1 Å². The molecule has 0 saturated carbocycles. The molecule has 1 amide bonds. The number of carboxylic acid groups (broad SMARTS) is 1. The minimum atomic E-state index is -1.02. The smallest absolute Gasteiger partial charge is 0.335 e. The molecule has 1 aliphatic heterocycles. The summed E-state index contributed by atoms with van der Waals surface area (Å²) in [5.41, 5.74) is 2.62. The van der Waals surface area contributed by atoms with Crippen LogP contribution < -0.4 is 5.01 Å². The lowest BCUT2D eigenvalue weighted by Gasteiger charge is -2.11. The largest absolute Gasteiger partial charge is 0.478 e. The molecule has 0 radical (unpaired) electrons. The van der Waals surface area contributed by atoms with E-state index in [1.165, 1.54) is 17.1 Å². The molecule has 2 aromatic carbocycles. The molecule has 0 spiro atoms. The Bertz CT molecular complexity index is 1180. The van der Waals surface area contributed by atoms with Crippen molar-refractivity contribution in [3.63, 3.8) is 0 Å². The second kappa shape index (κ2) is 7.67. The highest BCUT2D eigenvalue weighted by atomic mass is 127. The molecule has 0 aliphatic carbocycles. The number of nitrogens with zero attached hydrogens (tertiary/aromatic N) is 2. The van der Waals surface area contributed by atoms with Crippen LogP contribution in [0.15, 0.2) is 75.8 Å². The zero-order valence-electron chi connectivity index (χ0n) is 15.3. The summed E-state index contributed by atoms with van der Waals surface area (Å²) in [6.07, 6.45) is 1.67. The summed E-state index contributed by atoms with van der Waals surface area (Å²) < 4.78 is 6.99. The van der Waals surface area contributed by atoms with Gasteiger partial charge in [-0.3, -0.25) is 4.79 Å². The van der Waals surface area contributed by atoms with Crippen LogP contribution in [0.4, 0.5) is 5.69 Å². The second-order valence-corrected chi connectivity index (χ2v) is 7.56. The van der Waals surface area contributed by atoms with E-state index in [1.54, 1.807) is 25.1 Å². The van der Waals surface area contributed by atoms with Crippen molar-refractivity contribution in [1.82, 2.24) is 0 Å². The predicted molar refractivity (Wildman–Crippen MR) is 119 cm³/mol. The van der Waals surface area contributed by atoms with Gasteiger partial charge >= 0.3 is 5.97 Å². The van der Waals surface area contributed by atoms with Crippen molar-refractivity contribution < 1.29 is 19.1 Å². The van der Waals surface area contributed by atoms with E-state index in [9.17, 15) is 9.59 Å². The van der Waals surface area contributed by atoms with Crippen LogP contribution in [0.1, 0.15) is 23.0 Å². The van der Waals surface area contributed by atoms with Crippen LogP contribution in [-0.4, -0.2) is 22.7 Å². The Morgan fingerprint density at radius 1 is 1.10 bits per heavy atom. The maximum Gasteiger partial charge on any atom is 0.335 e. The quantitative estimate of drug-likeness (QED) is 0.403. The first-order valence-corrected chi connectivity index (χ1v) is 9.82. The second-order valence-electron chi connectivity index (χ2n) is 6.39.